The van der Waals surface area contributed by atoms with E-state index in [1.807, 2.05) is 0 Å². The Hall–Kier alpha value is -1.61. The highest BCUT2D eigenvalue weighted by Gasteiger charge is 2.35. The minimum absolute atomic E-state index is 0.157. The van der Waals surface area contributed by atoms with Crippen molar-refractivity contribution >= 4 is 17.2 Å². The van der Waals surface area contributed by atoms with Crippen LogP contribution in [-0.4, -0.2) is 12.5 Å². The predicted octanol–water partition coefficient (Wildman–Crippen LogP) is 4.70. The van der Waals surface area contributed by atoms with Gasteiger partial charge < -0.3 is 5.32 Å². The lowest BCUT2D eigenvalue weighted by Crippen LogP contribution is -2.38. The maximum absolute atomic E-state index is 12.2. The van der Waals surface area contributed by atoms with Crippen LogP contribution in [0.5, 0.6) is 0 Å². The zero-order chi connectivity index (χ0) is 16.0. The molecular formula is C20H25NOS. The lowest BCUT2D eigenvalue weighted by molar-refractivity contribution is -0.121. The molecular weight excluding hydrogens is 302 g/mol. The van der Waals surface area contributed by atoms with Crippen molar-refractivity contribution in [1.82, 2.24) is 5.32 Å². The van der Waals surface area contributed by atoms with Crippen molar-refractivity contribution < 1.29 is 4.79 Å². The Labute approximate surface area is 142 Å². The minimum Gasteiger partial charge on any atom is -0.355 e. The maximum atomic E-state index is 12.2. The van der Waals surface area contributed by atoms with Gasteiger partial charge in [-0.3, -0.25) is 4.79 Å². The third kappa shape index (κ3) is 4.23. The molecule has 2 aromatic rings. The molecule has 1 aliphatic rings. The fraction of sp³-hybridized carbons (Fsp3) is 0.450. The van der Waals surface area contributed by atoms with E-state index in [-0.39, 0.29) is 11.3 Å². The molecule has 1 amide bonds. The van der Waals surface area contributed by atoms with E-state index in [1.54, 1.807) is 11.3 Å². The summed E-state index contributed by atoms with van der Waals surface area (Å²) in [7, 11) is 0. The van der Waals surface area contributed by atoms with E-state index in [2.05, 4.69) is 53.2 Å². The molecule has 3 rings (SSSR count). The Morgan fingerprint density at radius 2 is 1.87 bits per heavy atom. The van der Waals surface area contributed by atoms with Crippen molar-refractivity contribution in [3.8, 4) is 0 Å². The molecule has 0 bridgehead atoms. The fourth-order valence-electron chi connectivity index (χ4n) is 3.65. The molecule has 122 valence electrons. The molecule has 0 radical (unpaired) electrons. The first-order valence-corrected chi connectivity index (χ1v) is 9.51. The van der Waals surface area contributed by atoms with Gasteiger partial charge in [-0.15, -0.1) is 11.3 Å². The van der Waals surface area contributed by atoms with Crippen LogP contribution in [0.1, 0.15) is 49.0 Å². The van der Waals surface area contributed by atoms with Gasteiger partial charge in [0.2, 0.25) is 5.91 Å². The van der Waals surface area contributed by atoms with Crippen molar-refractivity contribution in [3.05, 3.63) is 58.3 Å². The van der Waals surface area contributed by atoms with Crippen molar-refractivity contribution in [3.63, 3.8) is 0 Å². The monoisotopic (exact) mass is 327 g/mol. The molecule has 1 aromatic carbocycles. The summed E-state index contributed by atoms with van der Waals surface area (Å²) in [6.45, 7) is 0.787. The summed E-state index contributed by atoms with van der Waals surface area (Å²) in [5, 5.41) is 5.30. The first-order chi connectivity index (χ1) is 11.3. The van der Waals surface area contributed by atoms with Gasteiger partial charge in [0.15, 0.2) is 0 Å². The molecule has 1 fully saturated rings. The van der Waals surface area contributed by atoms with Crippen LogP contribution >= 0.6 is 11.3 Å². The highest BCUT2D eigenvalue weighted by atomic mass is 32.1. The molecule has 2 nitrogen and oxygen atoms in total. The zero-order valence-electron chi connectivity index (χ0n) is 13.6. The number of rotatable bonds is 7. The third-order valence-electron chi connectivity index (χ3n) is 4.98. The van der Waals surface area contributed by atoms with Crippen LogP contribution in [-0.2, 0) is 16.6 Å². The maximum Gasteiger partial charge on any atom is 0.220 e. The lowest BCUT2D eigenvalue weighted by Gasteiger charge is -2.30. The van der Waals surface area contributed by atoms with Crippen molar-refractivity contribution in [1.29, 1.82) is 0 Å². The van der Waals surface area contributed by atoms with Gasteiger partial charge in [-0.25, -0.2) is 0 Å². The highest BCUT2D eigenvalue weighted by Crippen LogP contribution is 2.40. The number of hydrogen-bond donors (Lipinski definition) is 1. The van der Waals surface area contributed by atoms with E-state index >= 15 is 0 Å². The number of nitrogens with one attached hydrogen (secondary N) is 1. The van der Waals surface area contributed by atoms with E-state index in [9.17, 15) is 4.79 Å². The highest BCUT2D eigenvalue weighted by molar-refractivity contribution is 7.09. The Kier molecular flexibility index (Phi) is 5.50. The van der Waals surface area contributed by atoms with Gasteiger partial charge in [0.1, 0.15) is 0 Å². The quantitative estimate of drug-likeness (QED) is 0.785. The van der Waals surface area contributed by atoms with Gasteiger partial charge in [0.05, 0.1) is 0 Å². The number of benzene rings is 1. The standard InChI is InChI=1S/C20H25NOS/c22-19(12-6-10-18-11-7-15-23-18)21-16-20(13-4-5-14-20)17-8-2-1-3-9-17/h1-3,7-9,11,15H,4-6,10,12-14,16H2,(H,21,22). The molecule has 1 saturated carbocycles. The van der Waals surface area contributed by atoms with Gasteiger partial charge in [-0.05, 0) is 42.7 Å². The number of hydrogen-bond acceptors (Lipinski definition) is 2. The zero-order valence-corrected chi connectivity index (χ0v) is 14.4. The van der Waals surface area contributed by atoms with Crippen LogP contribution < -0.4 is 5.32 Å². The van der Waals surface area contributed by atoms with E-state index in [0.29, 0.717) is 6.42 Å². The van der Waals surface area contributed by atoms with Crippen LogP contribution in [0.4, 0.5) is 0 Å². The summed E-state index contributed by atoms with van der Waals surface area (Å²) in [4.78, 5) is 13.6. The summed E-state index contributed by atoms with van der Waals surface area (Å²) in [6.07, 6.45) is 7.48. The summed E-state index contributed by atoms with van der Waals surface area (Å²) < 4.78 is 0. The van der Waals surface area contributed by atoms with Crippen molar-refractivity contribution in [2.45, 2.75) is 50.4 Å². The van der Waals surface area contributed by atoms with Crippen molar-refractivity contribution in [2.24, 2.45) is 0 Å². The Morgan fingerprint density at radius 3 is 2.57 bits per heavy atom. The van der Waals surface area contributed by atoms with Crippen LogP contribution in [0.2, 0.25) is 0 Å². The van der Waals surface area contributed by atoms with Crippen LogP contribution in [0.15, 0.2) is 47.8 Å². The average molecular weight is 327 g/mol. The third-order valence-corrected chi connectivity index (χ3v) is 5.91. The summed E-state index contributed by atoms with van der Waals surface area (Å²) in [6, 6.07) is 14.9. The number of amides is 1. The number of carbonyl (C=O) groups excluding carboxylic acids is 1. The molecule has 1 heterocycles. The largest absolute Gasteiger partial charge is 0.355 e. The first-order valence-electron chi connectivity index (χ1n) is 8.63. The van der Waals surface area contributed by atoms with E-state index < -0.39 is 0 Å². The summed E-state index contributed by atoms with van der Waals surface area (Å²) in [5.74, 6) is 0.198. The first kappa shape index (κ1) is 16.3. The second-order valence-corrected chi connectivity index (χ2v) is 7.60. The molecule has 0 atom stereocenters. The molecule has 1 aromatic heterocycles. The van der Waals surface area contributed by atoms with Gasteiger partial charge in [0.25, 0.3) is 0 Å². The smallest absolute Gasteiger partial charge is 0.220 e. The SMILES string of the molecule is O=C(CCCc1cccs1)NCC1(c2ccccc2)CCCC1. The van der Waals surface area contributed by atoms with Crippen LogP contribution in [0, 0.1) is 0 Å². The molecule has 3 heteroatoms. The molecule has 0 unspecified atom stereocenters. The molecule has 23 heavy (non-hydrogen) atoms. The van der Waals surface area contributed by atoms with Crippen molar-refractivity contribution in [2.75, 3.05) is 6.54 Å². The molecule has 1 N–H and O–H groups in total. The molecule has 0 spiro atoms. The Bertz CT molecular complexity index is 600. The molecule has 0 saturated heterocycles. The number of carbonyl (C=O) groups is 1. The van der Waals surface area contributed by atoms with Gasteiger partial charge in [-0.2, -0.15) is 0 Å². The second-order valence-electron chi connectivity index (χ2n) is 6.56. The van der Waals surface area contributed by atoms with E-state index in [4.69, 9.17) is 0 Å². The Balaban J connectivity index is 1.50. The topological polar surface area (TPSA) is 29.1 Å². The van der Waals surface area contributed by atoms with Gasteiger partial charge in [0, 0.05) is 23.3 Å². The summed E-state index contributed by atoms with van der Waals surface area (Å²) in [5.41, 5.74) is 1.54. The average Bonchev–Trinajstić information content (AvgIpc) is 3.26. The minimum atomic E-state index is 0.157. The fourth-order valence-corrected chi connectivity index (χ4v) is 4.40. The Morgan fingerprint density at radius 1 is 1.09 bits per heavy atom. The summed E-state index contributed by atoms with van der Waals surface area (Å²) >= 11 is 1.77. The number of thiophene rings is 1. The molecule has 1 aliphatic carbocycles. The normalized spacial score (nSPS) is 16.3. The van der Waals surface area contributed by atoms with Gasteiger partial charge in [-0.1, -0.05) is 49.2 Å². The van der Waals surface area contributed by atoms with E-state index in [1.165, 1.54) is 36.1 Å². The lowest BCUT2D eigenvalue weighted by atomic mass is 9.79. The van der Waals surface area contributed by atoms with Crippen LogP contribution in [0.25, 0.3) is 0 Å². The second kappa shape index (κ2) is 7.78. The van der Waals surface area contributed by atoms with Gasteiger partial charge >= 0.3 is 0 Å². The predicted molar refractivity (Wildman–Crippen MR) is 96.9 cm³/mol. The molecule has 0 aliphatic heterocycles. The van der Waals surface area contributed by atoms with E-state index in [0.717, 1.165) is 19.4 Å². The van der Waals surface area contributed by atoms with Crippen LogP contribution in [0.3, 0.4) is 0 Å². The number of aryl methyl sites for hydroxylation is 1.